The summed E-state index contributed by atoms with van der Waals surface area (Å²) in [6, 6.07) is 13.8. The van der Waals surface area contributed by atoms with Crippen molar-refractivity contribution in [3.05, 3.63) is 59.2 Å². The number of ether oxygens (including phenoxy) is 1. The Bertz CT molecular complexity index is 784. The van der Waals surface area contributed by atoms with E-state index in [0.29, 0.717) is 18.7 Å². The molecule has 5 heteroatoms. The van der Waals surface area contributed by atoms with E-state index in [4.69, 9.17) is 4.74 Å². The van der Waals surface area contributed by atoms with Crippen LogP contribution in [-0.2, 0) is 22.6 Å². The third kappa shape index (κ3) is 4.18. The number of benzene rings is 2. The minimum Gasteiger partial charge on any atom is -0.482 e. The number of aryl methyl sites for hydroxylation is 2. The van der Waals surface area contributed by atoms with Gasteiger partial charge in [-0.1, -0.05) is 35.9 Å². The fourth-order valence-corrected chi connectivity index (χ4v) is 2.73. The molecule has 0 fully saturated rings. The quantitative estimate of drug-likeness (QED) is 0.912. The smallest absolute Gasteiger partial charge is 0.264 e. The molecule has 2 aromatic rings. The molecule has 5 nitrogen and oxygen atoms in total. The first-order chi connectivity index (χ1) is 12.0. The molecule has 0 spiro atoms. The van der Waals surface area contributed by atoms with Gasteiger partial charge in [-0.2, -0.15) is 0 Å². The Kier molecular flexibility index (Phi) is 5.03. The van der Waals surface area contributed by atoms with Gasteiger partial charge in [0, 0.05) is 20.0 Å². The van der Waals surface area contributed by atoms with Gasteiger partial charge in [0.05, 0.1) is 5.69 Å². The fraction of sp³-hybridized carbons (Fsp3) is 0.300. The molecule has 0 unspecified atom stereocenters. The first kappa shape index (κ1) is 17.0. The number of carbonyl (C=O) groups is 2. The van der Waals surface area contributed by atoms with E-state index in [1.54, 1.807) is 11.9 Å². The van der Waals surface area contributed by atoms with Gasteiger partial charge in [-0.25, -0.2) is 0 Å². The van der Waals surface area contributed by atoms with E-state index in [-0.39, 0.29) is 18.4 Å². The zero-order valence-electron chi connectivity index (χ0n) is 14.5. The highest BCUT2D eigenvalue weighted by Crippen LogP contribution is 2.31. The summed E-state index contributed by atoms with van der Waals surface area (Å²) >= 11 is 0. The lowest BCUT2D eigenvalue weighted by molar-refractivity contribution is -0.121. The molecule has 2 amide bonds. The second-order valence-corrected chi connectivity index (χ2v) is 6.31. The Morgan fingerprint density at radius 1 is 1.16 bits per heavy atom. The number of amides is 2. The molecule has 130 valence electrons. The largest absolute Gasteiger partial charge is 0.482 e. The van der Waals surface area contributed by atoms with E-state index in [0.717, 1.165) is 23.2 Å². The molecule has 0 radical (unpaired) electrons. The van der Waals surface area contributed by atoms with E-state index >= 15 is 0 Å². The minimum absolute atomic E-state index is 0.0129. The normalized spacial score (nSPS) is 13.2. The van der Waals surface area contributed by atoms with Crippen LogP contribution < -0.4 is 15.0 Å². The van der Waals surface area contributed by atoms with Gasteiger partial charge in [0.2, 0.25) is 5.91 Å². The van der Waals surface area contributed by atoms with Gasteiger partial charge in [-0.15, -0.1) is 0 Å². The molecule has 0 atom stereocenters. The molecule has 0 aromatic heterocycles. The highest BCUT2D eigenvalue weighted by molar-refractivity contribution is 5.97. The van der Waals surface area contributed by atoms with Gasteiger partial charge in [0.1, 0.15) is 5.75 Å². The van der Waals surface area contributed by atoms with Crippen molar-refractivity contribution in [3.8, 4) is 5.75 Å². The number of fused-ring (bicyclic) bond motifs is 1. The second-order valence-electron chi connectivity index (χ2n) is 6.31. The van der Waals surface area contributed by atoms with Gasteiger partial charge in [0.25, 0.3) is 5.91 Å². The van der Waals surface area contributed by atoms with Crippen LogP contribution in [0.5, 0.6) is 5.75 Å². The predicted octanol–water partition coefficient (Wildman–Crippen LogP) is 2.60. The summed E-state index contributed by atoms with van der Waals surface area (Å²) in [5.41, 5.74) is 4.05. The summed E-state index contributed by atoms with van der Waals surface area (Å²) < 4.78 is 5.40. The molecule has 25 heavy (non-hydrogen) atoms. The van der Waals surface area contributed by atoms with Gasteiger partial charge in [-0.05, 0) is 36.6 Å². The summed E-state index contributed by atoms with van der Waals surface area (Å²) in [6.07, 6.45) is 1.18. The number of carbonyl (C=O) groups excluding carboxylic acids is 2. The van der Waals surface area contributed by atoms with Crippen molar-refractivity contribution in [2.45, 2.75) is 26.3 Å². The topological polar surface area (TPSA) is 58.6 Å². The number of anilines is 1. The molecular weight excluding hydrogens is 316 g/mol. The molecule has 2 aromatic carbocycles. The van der Waals surface area contributed by atoms with Crippen molar-refractivity contribution in [3.63, 3.8) is 0 Å². The lowest BCUT2D eigenvalue weighted by Gasteiger charge is -2.26. The number of rotatable bonds is 5. The molecule has 1 N–H and O–H groups in total. The van der Waals surface area contributed by atoms with E-state index in [1.807, 2.05) is 25.1 Å². The molecule has 1 aliphatic rings. The van der Waals surface area contributed by atoms with Gasteiger partial charge >= 0.3 is 0 Å². The van der Waals surface area contributed by atoms with E-state index in [9.17, 15) is 9.59 Å². The summed E-state index contributed by atoms with van der Waals surface area (Å²) in [5, 5.41) is 2.93. The van der Waals surface area contributed by atoms with Crippen LogP contribution in [0.15, 0.2) is 42.5 Å². The number of hydrogen-bond donors (Lipinski definition) is 1. The number of nitrogens with zero attached hydrogens (tertiary/aromatic N) is 1. The average Bonchev–Trinajstić information content (AvgIpc) is 2.63. The Morgan fingerprint density at radius 3 is 2.64 bits per heavy atom. The molecule has 0 saturated carbocycles. The predicted molar refractivity (Wildman–Crippen MR) is 96.7 cm³/mol. The Labute approximate surface area is 147 Å². The lowest BCUT2D eigenvalue weighted by atomic mass is 10.1. The van der Waals surface area contributed by atoms with Gasteiger partial charge < -0.3 is 15.0 Å². The molecular formula is C20H22N2O3. The zero-order chi connectivity index (χ0) is 17.8. The second kappa shape index (κ2) is 7.38. The fourth-order valence-electron chi connectivity index (χ4n) is 2.73. The maximum atomic E-state index is 12.1. The van der Waals surface area contributed by atoms with Crippen molar-refractivity contribution in [1.82, 2.24) is 5.32 Å². The molecule has 1 heterocycles. The number of likely N-dealkylation sites (N-methyl/N-ethyl adjacent to an activating group) is 1. The molecule has 0 aliphatic carbocycles. The molecule has 3 rings (SSSR count). The van der Waals surface area contributed by atoms with Crippen molar-refractivity contribution in [2.24, 2.45) is 0 Å². The summed E-state index contributed by atoms with van der Waals surface area (Å²) in [4.78, 5) is 25.4. The summed E-state index contributed by atoms with van der Waals surface area (Å²) in [5.74, 6) is 0.627. The summed E-state index contributed by atoms with van der Waals surface area (Å²) in [7, 11) is 1.73. The highest BCUT2D eigenvalue weighted by Gasteiger charge is 2.22. The van der Waals surface area contributed by atoms with Crippen molar-refractivity contribution < 1.29 is 14.3 Å². The third-order valence-electron chi connectivity index (χ3n) is 4.36. The maximum Gasteiger partial charge on any atom is 0.264 e. The Hall–Kier alpha value is -2.82. The molecule has 0 saturated heterocycles. The van der Waals surface area contributed by atoms with Crippen LogP contribution in [0.1, 0.15) is 23.1 Å². The van der Waals surface area contributed by atoms with Crippen molar-refractivity contribution in [1.29, 1.82) is 0 Å². The van der Waals surface area contributed by atoms with Crippen LogP contribution in [0.25, 0.3) is 0 Å². The maximum absolute atomic E-state index is 12.1. The van der Waals surface area contributed by atoms with Crippen molar-refractivity contribution >= 4 is 17.5 Å². The van der Waals surface area contributed by atoms with Crippen LogP contribution in [0.4, 0.5) is 5.69 Å². The standard InChI is InChI=1S/C20H22N2O3/c1-14-3-5-15(6-4-14)8-10-19(23)21-12-16-7-9-18-17(11-16)22(2)20(24)13-25-18/h3-7,9,11H,8,10,12-13H2,1-2H3,(H,21,23). The Balaban J connectivity index is 1.54. The Morgan fingerprint density at radius 2 is 1.88 bits per heavy atom. The van der Waals surface area contributed by atoms with Gasteiger partial charge in [-0.3, -0.25) is 9.59 Å². The lowest BCUT2D eigenvalue weighted by Crippen LogP contribution is -2.35. The van der Waals surface area contributed by atoms with E-state index in [1.165, 1.54) is 5.56 Å². The van der Waals surface area contributed by atoms with Crippen LogP contribution in [-0.4, -0.2) is 25.5 Å². The highest BCUT2D eigenvalue weighted by atomic mass is 16.5. The zero-order valence-corrected chi connectivity index (χ0v) is 14.5. The molecule has 1 aliphatic heterocycles. The first-order valence-electron chi connectivity index (χ1n) is 8.37. The van der Waals surface area contributed by atoms with Gasteiger partial charge in [0.15, 0.2) is 6.61 Å². The van der Waals surface area contributed by atoms with E-state index < -0.39 is 0 Å². The number of hydrogen-bond acceptors (Lipinski definition) is 3. The molecule has 0 bridgehead atoms. The number of nitrogens with one attached hydrogen (secondary N) is 1. The SMILES string of the molecule is Cc1ccc(CCC(=O)NCc2ccc3c(c2)N(C)C(=O)CO3)cc1. The van der Waals surface area contributed by atoms with Crippen molar-refractivity contribution in [2.75, 3.05) is 18.6 Å². The minimum atomic E-state index is -0.0771. The first-order valence-corrected chi connectivity index (χ1v) is 8.37. The van der Waals surface area contributed by atoms with Crippen LogP contribution in [0.2, 0.25) is 0 Å². The van der Waals surface area contributed by atoms with Crippen LogP contribution in [0.3, 0.4) is 0 Å². The summed E-state index contributed by atoms with van der Waals surface area (Å²) in [6.45, 7) is 2.55. The van der Waals surface area contributed by atoms with Crippen LogP contribution in [0, 0.1) is 6.92 Å². The third-order valence-corrected chi connectivity index (χ3v) is 4.36. The van der Waals surface area contributed by atoms with E-state index in [2.05, 4.69) is 29.6 Å². The average molecular weight is 338 g/mol. The monoisotopic (exact) mass is 338 g/mol. The van der Waals surface area contributed by atoms with Crippen LogP contribution >= 0.6 is 0 Å².